The molecule has 2 rings (SSSR count). The Hall–Kier alpha value is -2.17. The maximum atomic E-state index is 11.9. The summed E-state index contributed by atoms with van der Waals surface area (Å²) in [5, 5.41) is 9.47. The molecule has 0 radical (unpaired) electrons. The summed E-state index contributed by atoms with van der Waals surface area (Å²) in [6, 6.07) is 7.75. The predicted molar refractivity (Wildman–Crippen MR) is 74.2 cm³/mol. The van der Waals surface area contributed by atoms with Crippen molar-refractivity contribution in [2.24, 2.45) is 0 Å². The highest BCUT2D eigenvalue weighted by atomic mass is 16.2. The Kier molecular flexibility index (Phi) is 3.94. The van der Waals surface area contributed by atoms with Crippen LogP contribution < -0.4 is 5.32 Å². The Balaban J connectivity index is 2.06. The maximum Gasteiger partial charge on any atom is 0.295 e. The van der Waals surface area contributed by atoms with Gasteiger partial charge in [-0.15, -0.1) is 5.10 Å². The lowest BCUT2D eigenvalue weighted by atomic mass is 10.1. The Labute approximate surface area is 112 Å². The van der Waals surface area contributed by atoms with Gasteiger partial charge in [0.1, 0.15) is 5.82 Å². The number of aryl methyl sites for hydroxylation is 1. The molecule has 0 bridgehead atoms. The molecule has 0 fully saturated rings. The van der Waals surface area contributed by atoms with Crippen molar-refractivity contribution in [1.82, 2.24) is 15.2 Å². The van der Waals surface area contributed by atoms with E-state index in [0.717, 1.165) is 12.1 Å². The molecule has 0 saturated carbocycles. The van der Waals surface area contributed by atoms with E-state index in [-0.39, 0.29) is 17.6 Å². The topological polar surface area (TPSA) is 70.7 Å². The van der Waals surface area contributed by atoms with Gasteiger partial charge in [0.25, 0.3) is 5.91 Å². The summed E-state index contributed by atoms with van der Waals surface area (Å²) in [7, 11) is 0. The Morgan fingerprint density at radius 1 is 1.32 bits per heavy atom. The molecule has 1 aromatic carbocycles. The third-order valence-electron chi connectivity index (χ3n) is 2.87. The number of carbonyl (C=O) groups excluding carboxylic acids is 1. The van der Waals surface area contributed by atoms with Gasteiger partial charge in [0, 0.05) is 11.6 Å². The Morgan fingerprint density at radius 3 is 2.53 bits per heavy atom. The van der Waals surface area contributed by atoms with Gasteiger partial charge in [-0.3, -0.25) is 9.89 Å². The van der Waals surface area contributed by atoms with Gasteiger partial charge in [0.05, 0.1) is 0 Å². The minimum Gasteiger partial charge on any atom is -0.319 e. The number of carbonyl (C=O) groups is 1. The Morgan fingerprint density at radius 2 is 2.00 bits per heavy atom. The summed E-state index contributed by atoms with van der Waals surface area (Å²) in [6.07, 6.45) is 0.979. The van der Waals surface area contributed by atoms with E-state index in [1.54, 1.807) is 0 Å². The number of aromatic amines is 1. The molecule has 1 heterocycles. The van der Waals surface area contributed by atoms with Crippen LogP contribution in [-0.2, 0) is 6.42 Å². The van der Waals surface area contributed by atoms with Crippen molar-refractivity contribution in [2.75, 3.05) is 5.32 Å². The average molecular weight is 258 g/mol. The molecule has 1 aromatic heterocycles. The van der Waals surface area contributed by atoms with Crippen LogP contribution in [-0.4, -0.2) is 21.1 Å². The standard InChI is InChI=1S/C14H18N4O/c1-4-10-5-7-11(8-6-10)15-14(19)13-16-12(9(2)3)17-18-13/h5-9H,4H2,1-3H3,(H,15,19)(H,16,17,18). The summed E-state index contributed by atoms with van der Waals surface area (Å²) in [4.78, 5) is 16.1. The van der Waals surface area contributed by atoms with Crippen LogP contribution in [0.3, 0.4) is 0 Å². The van der Waals surface area contributed by atoms with Gasteiger partial charge >= 0.3 is 0 Å². The monoisotopic (exact) mass is 258 g/mol. The van der Waals surface area contributed by atoms with Crippen LogP contribution in [0.1, 0.15) is 48.7 Å². The smallest absolute Gasteiger partial charge is 0.295 e. The molecule has 100 valence electrons. The van der Waals surface area contributed by atoms with Gasteiger partial charge in [-0.25, -0.2) is 4.98 Å². The number of anilines is 1. The van der Waals surface area contributed by atoms with E-state index in [1.807, 2.05) is 38.1 Å². The normalized spacial score (nSPS) is 10.7. The van der Waals surface area contributed by atoms with Crippen LogP contribution in [0.15, 0.2) is 24.3 Å². The van der Waals surface area contributed by atoms with Gasteiger partial charge < -0.3 is 5.32 Å². The largest absolute Gasteiger partial charge is 0.319 e. The molecule has 19 heavy (non-hydrogen) atoms. The zero-order valence-electron chi connectivity index (χ0n) is 11.4. The van der Waals surface area contributed by atoms with Crippen LogP contribution >= 0.6 is 0 Å². The number of hydrogen-bond acceptors (Lipinski definition) is 3. The first-order chi connectivity index (χ1) is 9.10. The molecule has 0 saturated heterocycles. The number of amides is 1. The van der Waals surface area contributed by atoms with Crippen LogP contribution in [0.4, 0.5) is 5.69 Å². The molecule has 2 N–H and O–H groups in total. The van der Waals surface area contributed by atoms with E-state index in [2.05, 4.69) is 27.4 Å². The lowest BCUT2D eigenvalue weighted by Gasteiger charge is -2.03. The van der Waals surface area contributed by atoms with Crippen molar-refractivity contribution in [3.8, 4) is 0 Å². The SMILES string of the molecule is CCc1ccc(NC(=O)c2n[nH]c(C(C)C)n2)cc1. The first kappa shape index (κ1) is 13.3. The minimum atomic E-state index is -0.299. The van der Waals surface area contributed by atoms with E-state index >= 15 is 0 Å². The second kappa shape index (κ2) is 5.65. The Bertz CT molecular complexity index is 557. The first-order valence-corrected chi connectivity index (χ1v) is 6.42. The fourth-order valence-corrected chi connectivity index (χ4v) is 1.64. The number of H-pyrrole nitrogens is 1. The van der Waals surface area contributed by atoms with Crippen molar-refractivity contribution in [2.45, 2.75) is 33.1 Å². The predicted octanol–water partition coefficient (Wildman–Crippen LogP) is 2.74. The molecule has 0 atom stereocenters. The maximum absolute atomic E-state index is 11.9. The molecule has 5 nitrogen and oxygen atoms in total. The molecule has 0 aliphatic rings. The van der Waals surface area contributed by atoms with Crippen LogP contribution in [0.25, 0.3) is 0 Å². The summed E-state index contributed by atoms with van der Waals surface area (Å²) < 4.78 is 0. The molecular weight excluding hydrogens is 240 g/mol. The summed E-state index contributed by atoms with van der Waals surface area (Å²) >= 11 is 0. The summed E-state index contributed by atoms with van der Waals surface area (Å²) in [5.74, 6) is 0.806. The third kappa shape index (κ3) is 3.19. The second-order valence-electron chi connectivity index (χ2n) is 4.70. The van der Waals surface area contributed by atoms with Crippen molar-refractivity contribution in [3.05, 3.63) is 41.5 Å². The first-order valence-electron chi connectivity index (χ1n) is 6.42. The molecule has 2 aromatic rings. The zero-order chi connectivity index (χ0) is 13.8. The summed E-state index contributed by atoms with van der Waals surface area (Å²) in [6.45, 7) is 6.08. The van der Waals surface area contributed by atoms with Crippen LogP contribution in [0, 0.1) is 0 Å². The van der Waals surface area contributed by atoms with E-state index in [4.69, 9.17) is 0 Å². The number of benzene rings is 1. The molecule has 0 unspecified atom stereocenters. The number of nitrogens with zero attached hydrogens (tertiary/aromatic N) is 2. The zero-order valence-corrected chi connectivity index (χ0v) is 11.4. The highest BCUT2D eigenvalue weighted by Gasteiger charge is 2.14. The fraction of sp³-hybridized carbons (Fsp3) is 0.357. The lowest BCUT2D eigenvalue weighted by molar-refractivity contribution is 0.101. The number of hydrogen-bond donors (Lipinski definition) is 2. The van der Waals surface area contributed by atoms with Gasteiger partial charge in [0.15, 0.2) is 0 Å². The molecule has 0 aliphatic heterocycles. The lowest BCUT2D eigenvalue weighted by Crippen LogP contribution is -2.13. The van der Waals surface area contributed by atoms with E-state index in [9.17, 15) is 4.79 Å². The quantitative estimate of drug-likeness (QED) is 0.885. The van der Waals surface area contributed by atoms with E-state index in [0.29, 0.717) is 5.82 Å². The van der Waals surface area contributed by atoms with Gasteiger partial charge in [-0.05, 0) is 24.1 Å². The average Bonchev–Trinajstić information content (AvgIpc) is 2.89. The number of rotatable bonds is 4. The highest BCUT2D eigenvalue weighted by Crippen LogP contribution is 2.12. The summed E-state index contributed by atoms with van der Waals surface area (Å²) in [5.41, 5.74) is 1.98. The van der Waals surface area contributed by atoms with Crippen molar-refractivity contribution < 1.29 is 4.79 Å². The number of aromatic nitrogens is 3. The van der Waals surface area contributed by atoms with E-state index < -0.39 is 0 Å². The second-order valence-corrected chi connectivity index (χ2v) is 4.70. The molecule has 5 heteroatoms. The molecular formula is C14H18N4O. The minimum absolute atomic E-state index is 0.170. The third-order valence-corrected chi connectivity index (χ3v) is 2.87. The van der Waals surface area contributed by atoms with Crippen molar-refractivity contribution in [3.63, 3.8) is 0 Å². The van der Waals surface area contributed by atoms with Crippen LogP contribution in [0.5, 0.6) is 0 Å². The van der Waals surface area contributed by atoms with Gasteiger partial charge in [0.2, 0.25) is 5.82 Å². The highest BCUT2D eigenvalue weighted by molar-refractivity contribution is 6.01. The van der Waals surface area contributed by atoms with Gasteiger partial charge in [-0.1, -0.05) is 32.9 Å². The van der Waals surface area contributed by atoms with Crippen molar-refractivity contribution in [1.29, 1.82) is 0 Å². The molecule has 0 aliphatic carbocycles. The fourth-order valence-electron chi connectivity index (χ4n) is 1.64. The molecule has 0 spiro atoms. The van der Waals surface area contributed by atoms with Crippen LogP contribution in [0.2, 0.25) is 0 Å². The van der Waals surface area contributed by atoms with E-state index in [1.165, 1.54) is 5.56 Å². The molecule has 1 amide bonds. The number of nitrogens with one attached hydrogen (secondary N) is 2. The van der Waals surface area contributed by atoms with Gasteiger partial charge in [-0.2, -0.15) is 0 Å². The van der Waals surface area contributed by atoms with Crippen molar-refractivity contribution >= 4 is 11.6 Å².